The van der Waals surface area contributed by atoms with Crippen LogP contribution in [0.5, 0.6) is 0 Å². The molecule has 0 saturated heterocycles. The van der Waals surface area contributed by atoms with Crippen molar-refractivity contribution in [1.29, 1.82) is 0 Å². The highest BCUT2D eigenvalue weighted by Crippen LogP contribution is 2.22. The van der Waals surface area contributed by atoms with Crippen molar-refractivity contribution in [2.24, 2.45) is 0 Å². The van der Waals surface area contributed by atoms with Crippen LogP contribution in [0.4, 0.5) is 4.39 Å². The summed E-state index contributed by atoms with van der Waals surface area (Å²) in [6.07, 6.45) is 0. The molecular weight excluding hydrogens is 295 g/mol. The Bertz CT molecular complexity index is 797. The van der Waals surface area contributed by atoms with Gasteiger partial charge in [-0.25, -0.2) is 17.6 Å². The molecule has 0 aliphatic carbocycles. The summed E-state index contributed by atoms with van der Waals surface area (Å²) in [5.74, 6) is -2.29. The Hall–Kier alpha value is -2.21. The van der Waals surface area contributed by atoms with E-state index in [2.05, 4.69) is 0 Å². The van der Waals surface area contributed by atoms with E-state index in [0.29, 0.717) is 11.1 Å². The lowest BCUT2D eigenvalue weighted by Gasteiger charge is -2.10. The number of halogens is 1. The van der Waals surface area contributed by atoms with Gasteiger partial charge in [0.1, 0.15) is 5.82 Å². The molecular formula is C15H13FO4S. The van der Waals surface area contributed by atoms with Crippen molar-refractivity contribution in [2.75, 3.05) is 0 Å². The average molecular weight is 308 g/mol. The fraction of sp³-hybridized carbons (Fsp3) is 0.133. The number of carbonyl (C=O) groups is 1. The Morgan fingerprint density at radius 1 is 1.19 bits per heavy atom. The molecule has 0 bridgehead atoms. The number of aryl methyl sites for hydroxylation is 1. The normalized spacial score (nSPS) is 11.3. The van der Waals surface area contributed by atoms with Gasteiger partial charge in [-0.2, -0.15) is 0 Å². The smallest absolute Gasteiger partial charge is 0.337 e. The number of hydrogen-bond acceptors (Lipinski definition) is 3. The monoisotopic (exact) mass is 308 g/mol. The van der Waals surface area contributed by atoms with E-state index in [1.165, 1.54) is 36.4 Å². The Kier molecular flexibility index (Phi) is 4.09. The van der Waals surface area contributed by atoms with Gasteiger partial charge in [0, 0.05) is 0 Å². The summed E-state index contributed by atoms with van der Waals surface area (Å²) in [5.41, 5.74) is 0.662. The highest BCUT2D eigenvalue weighted by Gasteiger charge is 2.23. The molecule has 21 heavy (non-hydrogen) atoms. The number of hydrogen-bond donors (Lipinski definition) is 1. The third kappa shape index (κ3) is 3.28. The summed E-state index contributed by atoms with van der Waals surface area (Å²) in [6.45, 7) is 1.67. The molecule has 0 fully saturated rings. The highest BCUT2D eigenvalue weighted by molar-refractivity contribution is 7.90. The number of carboxylic acid groups (broad SMARTS) is 1. The van der Waals surface area contributed by atoms with E-state index in [-0.39, 0.29) is 10.5 Å². The molecule has 0 atom stereocenters. The zero-order chi connectivity index (χ0) is 15.6. The van der Waals surface area contributed by atoms with Crippen LogP contribution in [0.15, 0.2) is 47.4 Å². The van der Waals surface area contributed by atoms with Crippen LogP contribution in [0.25, 0.3) is 0 Å². The first-order chi connectivity index (χ1) is 9.81. The third-order valence-electron chi connectivity index (χ3n) is 3.11. The lowest BCUT2D eigenvalue weighted by Crippen LogP contribution is -2.12. The van der Waals surface area contributed by atoms with Gasteiger partial charge in [-0.05, 0) is 42.3 Å². The quantitative estimate of drug-likeness (QED) is 0.942. The van der Waals surface area contributed by atoms with Crippen molar-refractivity contribution >= 4 is 15.8 Å². The van der Waals surface area contributed by atoms with Gasteiger partial charge in [-0.15, -0.1) is 0 Å². The molecule has 0 heterocycles. The fourth-order valence-electron chi connectivity index (χ4n) is 1.99. The molecule has 0 aliphatic rings. The van der Waals surface area contributed by atoms with E-state index < -0.39 is 27.4 Å². The van der Waals surface area contributed by atoms with Crippen molar-refractivity contribution in [2.45, 2.75) is 17.6 Å². The molecule has 0 aromatic heterocycles. The van der Waals surface area contributed by atoms with Crippen LogP contribution in [-0.4, -0.2) is 19.5 Å². The number of carboxylic acids is 1. The molecule has 2 aromatic rings. The number of sulfone groups is 1. The van der Waals surface area contributed by atoms with Crippen molar-refractivity contribution in [1.82, 2.24) is 0 Å². The van der Waals surface area contributed by atoms with Gasteiger partial charge < -0.3 is 5.11 Å². The second-order valence-electron chi connectivity index (χ2n) is 4.63. The molecule has 0 saturated carbocycles. The summed E-state index contributed by atoms with van der Waals surface area (Å²) in [5, 5.41) is 9.07. The summed E-state index contributed by atoms with van der Waals surface area (Å²) >= 11 is 0. The fourth-order valence-corrected chi connectivity index (χ4v) is 3.64. The number of benzene rings is 2. The average Bonchev–Trinajstić information content (AvgIpc) is 2.42. The van der Waals surface area contributed by atoms with Crippen molar-refractivity contribution < 1.29 is 22.7 Å². The molecule has 0 spiro atoms. The molecule has 0 radical (unpaired) electrons. The van der Waals surface area contributed by atoms with Crippen molar-refractivity contribution in [3.8, 4) is 0 Å². The third-order valence-corrected chi connectivity index (χ3v) is 4.83. The van der Waals surface area contributed by atoms with E-state index in [1.54, 1.807) is 6.92 Å². The standard InChI is InChI=1S/C15H13FO4S/c1-10-6-7-12(16)8-11(10)9-21(19,20)14-5-3-2-4-13(14)15(17)18/h2-8H,9H2,1H3,(H,17,18). The van der Waals surface area contributed by atoms with Crippen LogP contribution in [0.1, 0.15) is 21.5 Å². The van der Waals surface area contributed by atoms with E-state index in [4.69, 9.17) is 5.11 Å². The predicted octanol–water partition coefficient (Wildman–Crippen LogP) is 2.81. The van der Waals surface area contributed by atoms with Gasteiger partial charge in [-0.1, -0.05) is 18.2 Å². The van der Waals surface area contributed by atoms with Crippen molar-refractivity contribution in [3.63, 3.8) is 0 Å². The minimum Gasteiger partial charge on any atom is -0.478 e. The Morgan fingerprint density at radius 2 is 1.86 bits per heavy atom. The largest absolute Gasteiger partial charge is 0.478 e. The first-order valence-electron chi connectivity index (χ1n) is 6.11. The second kappa shape index (κ2) is 5.65. The minimum absolute atomic E-state index is 0.263. The van der Waals surface area contributed by atoms with Gasteiger partial charge in [0.25, 0.3) is 0 Å². The second-order valence-corrected chi connectivity index (χ2v) is 6.59. The molecule has 0 aliphatic heterocycles. The van der Waals surface area contributed by atoms with E-state index >= 15 is 0 Å². The molecule has 0 amide bonds. The van der Waals surface area contributed by atoms with E-state index in [0.717, 1.165) is 6.07 Å². The topological polar surface area (TPSA) is 71.4 Å². The summed E-state index contributed by atoms with van der Waals surface area (Å²) < 4.78 is 38.1. The SMILES string of the molecule is Cc1ccc(F)cc1CS(=O)(=O)c1ccccc1C(=O)O. The Morgan fingerprint density at radius 3 is 2.52 bits per heavy atom. The maximum atomic E-state index is 13.2. The molecule has 4 nitrogen and oxygen atoms in total. The number of aromatic carboxylic acids is 1. The zero-order valence-corrected chi connectivity index (χ0v) is 12.0. The van der Waals surface area contributed by atoms with Crippen LogP contribution in [0.2, 0.25) is 0 Å². The maximum absolute atomic E-state index is 13.2. The molecule has 0 unspecified atom stereocenters. The summed E-state index contributed by atoms with van der Waals surface area (Å²) in [7, 11) is -3.88. The predicted molar refractivity (Wildman–Crippen MR) is 75.4 cm³/mol. The van der Waals surface area contributed by atoms with Crippen LogP contribution >= 0.6 is 0 Å². The summed E-state index contributed by atoms with van der Waals surface area (Å²) in [6, 6.07) is 9.27. The first kappa shape index (κ1) is 15.2. The van der Waals surface area contributed by atoms with E-state index in [1.807, 2.05) is 0 Å². The lowest BCUT2D eigenvalue weighted by atomic mass is 10.1. The molecule has 6 heteroatoms. The Labute approximate surface area is 121 Å². The first-order valence-corrected chi connectivity index (χ1v) is 7.76. The zero-order valence-electron chi connectivity index (χ0n) is 11.2. The van der Waals surface area contributed by atoms with Crippen LogP contribution < -0.4 is 0 Å². The van der Waals surface area contributed by atoms with Gasteiger partial charge in [0.2, 0.25) is 0 Å². The van der Waals surface area contributed by atoms with Crippen LogP contribution in [0, 0.1) is 12.7 Å². The van der Waals surface area contributed by atoms with Gasteiger partial charge in [-0.3, -0.25) is 0 Å². The number of rotatable bonds is 4. The van der Waals surface area contributed by atoms with Crippen LogP contribution in [0.3, 0.4) is 0 Å². The maximum Gasteiger partial charge on any atom is 0.337 e. The van der Waals surface area contributed by atoms with Crippen molar-refractivity contribution in [3.05, 3.63) is 65.0 Å². The lowest BCUT2D eigenvalue weighted by molar-refractivity contribution is 0.0692. The molecule has 2 aromatic carbocycles. The van der Waals surface area contributed by atoms with Gasteiger partial charge >= 0.3 is 5.97 Å². The molecule has 2 rings (SSSR count). The van der Waals surface area contributed by atoms with Gasteiger partial charge in [0.15, 0.2) is 9.84 Å². The van der Waals surface area contributed by atoms with Crippen LogP contribution in [-0.2, 0) is 15.6 Å². The molecule has 1 N–H and O–H groups in total. The van der Waals surface area contributed by atoms with Gasteiger partial charge in [0.05, 0.1) is 16.2 Å². The summed E-state index contributed by atoms with van der Waals surface area (Å²) in [4.78, 5) is 10.9. The minimum atomic E-state index is -3.88. The molecule has 110 valence electrons. The van der Waals surface area contributed by atoms with E-state index in [9.17, 15) is 17.6 Å². The highest BCUT2D eigenvalue weighted by atomic mass is 32.2. The Balaban J connectivity index is 2.49.